The van der Waals surface area contributed by atoms with E-state index in [1.165, 1.54) is 12.8 Å². The van der Waals surface area contributed by atoms with Gasteiger partial charge in [-0.1, -0.05) is 46.0 Å². The van der Waals surface area contributed by atoms with E-state index in [0.717, 1.165) is 32.1 Å². The quantitative estimate of drug-likeness (QED) is 0.180. The zero-order valence-electron chi connectivity index (χ0n) is 15.9. The summed E-state index contributed by atoms with van der Waals surface area (Å²) in [6, 6.07) is -0.630. The molecule has 1 amide bonds. The van der Waals surface area contributed by atoms with Crippen LogP contribution in [0.15, 0.2) is 4.99 Å². The molecule has 0 saturated carbocycles. The van der Waals surface area contributed by atoms with Crippen LogP contribution in [0.5, 0.6) is 0 Å². The first-order valence-electron chi connectivity index (χ1n) is 9.52. The number of hydrogen-bond donors (Lipinski definition) is 3. The Morgan fingerprint density at radius 2 is 1.68 bits per heavy atom. The van der Waals surface area contributed by atoms with Gasteiger partial charge in [-0.3, -0.25) is 9.79 Å². The minimum atomic E-state index is -0.630. The minimum Gasteiger partial charge on any atom is -0.464 e. The molecule has 0 saturated heterocycles. The lowest BCUT2D eigenvalue weighted by Gasteiger charge is -2.17. The Balaban J connectivity index is 4.32. The van der Waals surface area contributed by atoms with Gasteiger partial charge in [0.1, 0.15) is 6.04 Å². The molecule has 0 heterocycles. The average Bonchev–Trinajstić information content (AvgIpc) is 2.57. The largest absolute Gasteiger partial charge is 0.464 e. The van der Waals surface area contributed by atoms with Crippen LogP contribution in [0.2, 0.25) is 0 Å². The lowest BCUT2D eigenvalue weighted by Crippen LogP contribution is -2.42. The van der Waals surface area contributed by atoms with Crippen molar-refractivity contribution in [2.75, 3.05) is 13.2 Å². The molecule has 0 rings (SSSR count). The van der Waals surface area contributed by atoms with Crippen LogP contribution in [0.4, 0.5) is 0 Å². The number of guanidine groups is 1. The second-order valence-corrected chi connectivity index (χ2v) is 6.25. The Labute approximate surface area is 152 Å². The molecule has 0 spiro atoms. The van der Waals surface area contributed by atoms with Crippen molar-refractivity contribution < 1.29 is 14.3 Å². The van der Waals surface area contributed by atoms with Gasteiger partial charge in [0.2, 0.25) is 5.91 Å². The van der Waals surface area contributed by atoms with Crippen molar-refractivity contribution in [2.45, 2.75) is 84.1 Å². The predicted molar refractivity (Wildman–Crippen MR) is 101 cm³/mol. The van der Waals surface area contributed by atoms with E-state index in [4.69, 9.17) is 16.2 Å². The first-order valence-corrected chi connectivity index (χ1v) is 9.52. The van der Waals surface area contributed by atoms with Gasteiger partial charge in [-0.2, -0.15) is 0 Å². The molecule has 7 nitrogen and oxygen atoms in total. The van der Waals surface area contributed by atoms with E-state index in [1.54, 1.807) is 0 Å². The van der Waals surface area contributed by atoms with Gasteiger partial charge in [0.25, 0.3) is 0 Å². The summed E-state index contributed by atoms with van der Waals surface area (Å²) >= 11 is 0. The highest BCUT2D eigenvalue weighted by molar-refractivity contribution is 5.84. The molecule has 0 aromatic carbocycles. The molecule has 146 valence electrons. The third-order valence-electron chi connectivity index (χ3n) is 3.81. The zero-order valence-corrected chi connectivity index (χ0v) is 15.9. The standard InChI is InChI=1S/C18H36N4O3/c1-3-5-7-8-9-12-16(23)22-15(11-10-13-21-18(19)20)17(24)25-14-6-4-2/h15H,3-14H2,1-2H3,(H,22,23)(H4,19,20,21)/t15-/m0/s1. The average molecular weight is 357 g/mol. The summed E-state index contributed by atoms with van der Waals surface area (Å²) in [4.78, 5) is 28.1. The monoisotopic (exact) mass is 356 g/mol. The van der Waals surface area contributed by atoms with Crippen LogP contribution in [0.1, 0.15) is 78.1 Å². The third kappa shape index (κ3) is 14.3. The summed E-state index contributed by atoms with van der Waals surface area (Å²) in [6.45, 7) is 4.99. The number of nitrogens with two attached hydrogens (primary N) is 2. The molecule has 7 heteroatoms. The maximum absolute atomic E-state index is 12.2. The highest BCUT2D eigenvalue weighted by Crippen LogP contribution is 2.07. The second-order valence-electron chi connectivity index (χ2n) is 6.25. The van der Waals surface area contributed by atoms with Crippen molar-refractivity contribution in [3.63, 3.8) is 0 Å². The highest BCUT2D eigenvalue weighted by Gasteiger charge is 2.21. The fourth-order valence-corrected chi connectivity index (χ4v) is 2.33. The molecule has 0 unspecified atom stereocenters. The van der Waals surface area contributed by atoms with E-state index < -0.39 is 6.04 Å². The number of hydrogen-bond acceptors (Lipinski definition) is 4. The number of rotatable bonds is 15. The van der Waals surface area contributed by atoms with Crippen LogP contribution in [0.3, 0.4) is 0 Å². The summed E-state index contributed by atoms with van der Waals surface area (Å²) in [5.74, 6) is -0.452. The van der Waals surface area contributed by atoms with Crippen molar-refractivity contribution in [2.24, 2.45) is 16.5 Å². The summed E-state index contributed by atoms with van der Waals surface area (Å²) in [5.41, 5.74) is 10.6. The summed E-state index contributed by atoms with van der Waals surface area (Å²) in [6.07, 6.45) is 8.67. The molecule has 0 radical (unpaired) electrons. The molecule has 5 N–H and O–H groups in total. The number of aliphatic imine (C=N–C) groups is 1. The Kier molecular flexibility index (Phi) is 14.6. The Morgan fingerprint density at radius 1 is 1.00 bits per heavy atom. The molecule has 0 aliphatic heterocycles. The van der Waals surface area contributed by atoms with Crippen LogP contribution in [-0.2, 0) is 14.3 Å². The minimum absolute atomic E-state index is 0.0261. The van der Waals surface area contributed by atoms with E-state index in [-0.39, 0.29) is 17.8 Å². The number of esters is 1. The van der Waals surface area contributed by atoms with Gasteiger partial charge in [0, 0.05) is 13.0 Å². The number of amides is 1. The van der Waals surface area contributed by atoms with Crippen LogP contribution in [-0.4, -0.2) is 37.0 Å². The number of nitrogens with one attached hydrogen (secondary N) is 1. The fourth-order valence-electron chi connectivity index (χ4n) is 2.33. The van der Waals surface area contributed by atoms with Gasteiger partial charge in [0.15, 0.2) is 5.96 Å². The Hall–Kier alpha value is -1.79. The number of ether oxygens (including phenoxy) is 1. The molecular formula is C18H36N4O3. The summed E-state index contributed by atoms with van der Waals surface area (Å²) in [7, 11) is 0. The van der Waals surface area contributed by atoms with Crippen molar-refractivity contribution in [3.8, 4) is 0 Å². The number of nitrogens with zero attached hydrogens (tertiary/aromatic N) is 1. The lowest BCUT2D eigenvalue weighted by atomic mass is 10.1. The molecule has 25 heavy (non-hydrogen) atoms. The van der Waals surface area contributed by atoms with Gasteiger partial charge in [-0.25, -0.2) is 4.79 Å². The van der Waals surface area contributed by atoms with Crippen LogP contribution in [0, 0.1) is 0 Å². The van der Waals surface area contributed by atoms with Crippen LogP contribution < -0.4 is 16.8 Å². The predicted octanol–water partition coefficient (Wildman–Crippen LogP) is 2.23. The Bertz CT molecular complexity index is 396. The third-order valence-corrected chi connectivity index (χ3v) is 3.81. The topological polar surface area (TPSA) is 120 Å². The van der Waals surface area contributed by atoms with Gasteiger partial charge >= 0.3 is 5.97 Å². The van der Waals surface area contributed by atoms with Gasteiger partial charge in [-0.05, 0) is 25.7 Å². The maximum atomic E-state index is 12.2. The van der Waals surface area contributed by atoms with E-state index in [2.05, 4.69) is 17.2 Å². The van der Waals surface area contributed by atoms with Gasteiger partial charge in [-0.15, -0.1) is 0 Å². The number of carbonyl (C=O) groups is 2. The highest BCUT2D eigenvalue weighted by atomic mass is 16.5. The molecule has 0 aliphatic carbocycles. The molecular weight excluding hydrogens is 320 g/mol. The number of carbonyl (C=O) groups excluding carboxylic acids is 2. The van der Waals surface area contributed by atoms with Gasteiger partial charge < -0.3 is 21.5 Å². The second kappa shape index (κ2) is 15.7. The molecule has 0 fully saturated rings. The van der Waals surface area contributed by atoms with Crippen molar-refractivity contribution in [3.05, 3.63) is 0 Å². The van der Waals surface area contributed by atoms with Crippen molar-refractivity contribution in [1.29, 1.82) is 0 Å². The van der Waals surface area contributed by atoms with Crippen LogP contribution >= 0.6 is 0 Å². The smallest absolute Gasteiger partial charge is 0.328 e. The molecule has 1 atom stereocenters. The summed E-state index contributed by atoms with van der Waals surface area (Å²) < 4.78 is 5.24. The van der Waals surface area contributed by atoms with E-state index in [0.29, 0.717) is 32.4 Å². The normalized spacial score (nSPS) is 11.6. The Morgan fingerprint density at radius 3 is 2.32 bits per heavy atom. The van der Waals surface area contributed by atoms with E-state index in [1.807, 2.05) is 6.92 Å². The van der Waals surface area contributed by atoms with Crippen molar-refractivity contribution >= 4 is 17.8 Å². The van der Waals surface area contributed by atoms with E-state index in [9.17, 15) is 9.59 Å². The van der Waals surface area contributed by atoms with Crippen molar-refractivity contribution in [1.82, 2.24) is 5.32 Å². The zero-order chi connectivity index (χ0) is 18.9. The fraction of sp³-hybridized carbons (Fsp3) is 0.833. The molecule has 0 aliphatic rings. The lowest BCUT2D eigenvalue weighted by molar-refractivity contribution is -0.148. The van der Waals surface area contributed by atoms with E-state index >= 15 is 0 Å². The molecule has 0 bridgehead atoms. The first-order chi connectivity index (χ1) is 12.0. The molecule has 0 aromatic rings. The summed E-state index contributed by atoms with van der Waals surface area (Å²) in [5, 5.41) is 2.80. The van der Waals surface area contributed by atoms with Crippen LogP contribution in [0.25, 0.3) is 0 Å². The number of unbranched alkanes of at least 4 members (excludes halogenated alkanes) is 5. The molecule has 0 aromatic heterocycles. The SMILES string of the molecule is CCCCCCCC(=O)N[C@@H](CCCN=C(N)N)C(=O)OCCCC. The van der Waals surface area contributed by atoms with Gasteiger partial charge in [0.05, 0.1) is 6.61 Å². The maximum Gasteiger partial charge on any atom is 0.328 e. The first kappa shape index (κ1) is 23.2.